The van der Waals surface area contributed by atoms with E-state index in [1.165, 1.54) is 34.6 Å². The molecule has 2 aromatic rings. The van der Waals surface area contributed by atoms with E-state index in [1.807, 2.05) is 0 Å². The zero-order valence-electron chi connectivity index (χ0n) is 10.6. The summed E-state index contributed by atoms with van der Waals surface area (Å²) in [5, 5.41) is 4.60. The molecule has 2 heterocycles. The van der Waals surface area contributed by atoms with E-state index in [4.69, 9.17) is 0 Å². The number of hydrogen-bond acceptors (Lipinski definition) is 4. The first-order valence-corrected chi connectivity index (χ1v) is 8.47. The smallest absolute Gasteiger partial charge is 0.183 e. The second kappa shape index (κ2) is 5.49. The topological polar surface area (TPSA) is 24.9 Å². The number of hydrogen-bond donors (Lipinski definition) is 1. The molecule has 0 bridgehead atoms. The Bertz CT molecular complexity index is 530. The molecule has 1 aromatic heterocycles. The molecule has 0 spiro atoms. The number of aryl methyl sites for hydroxylation is 1. The van der Waals surface area contributed by atoms with Crippen molar-refractivity contribution in [2.75, 3.05) is 23.4 Å². The number of anilines is 1. The third-order valence-electron chi connectivity index (χ3n) is 3.43. The van der Waals surface area contributed by atoms with Crippen LogP contribution >= 0.6 is 23.1 Å². The zero-order valence-corrected chi connectivity index (χ0v) is 12.2. The van der Waals surface area contributed by atoms with Gasteiger partial charge in [0.25, 0.3) is 0 Å². The summed E-state index contributed by atoms with van der Waals surface area (Å²) < 4.78 is 1.29. The molecule has 0 unspecified atom stereocenters. The molecule has 2 nitrogen and oxygen atoms in total. The molecule has 1 aliphatic heterocycles. The Morgan fingerprint density at radius 2 is 2.17 bits per heavy atom. The summed E-state index contributed by atoms with van der Waals surface area (Å²) in [6.07, 6.45) is 2.70. The van der Waals surface area contributed by atoms with Gasteiger partial charge in [0, 0.05) is 6.54 Å². The standard InChI is InChI=1S/C14H18N2S2/c1-10-2-3-12-13(8-10)18-14(16-12)15-9-11-4-6-17-7-5-11/h2-3,8,11H,4-7,9H2,1H3,(H,15,16). The van der Waals surface area contributed by atoms with E-state index in [9.17, 15) is 0 Å². The first-order chi connectivity index (χ1) is 8.81. The van der Waals surface area contributed by atoms with Crippen LogP contribution in [0, 0.1) is 12.8 Å². The van der Waals surface area contributed by atoms with E-state index < -0.39 is 0 Å². The fraction of sp³-hybridized carbons (Fsp3) is 0.500. The van der Waals surface area contributed by atoms with E-state index >= 15 is 0 Å². The first-order valence-electron chi connectivity index (χ1n) is 6.50. The van der Waals surface area contributed by atoms with Gasteiger partial charge in [-0.2, -0.15) is 11.8 Å². The number of rotatable bonds is 3. The average molecular weight is 278 g/mol. The van der Waals surface area contributed by atoms with Crippen LogP contribution in [0.2, 0.25) is 0 Å². The maximum Gasteiger partial charge on any atom is 0.183 e. The van der Waals surface area contributed by atoms with Crippen molar-refractivity contribution in [3.8, 4) is 0 Å². The quantitative estimate of drug-likeness (QED) is 0.912. The highest BCUT2D eigenvalue weighted by Crippen LogP contribution is 2.28. The summed E-state index contributed by atoms with van der Waals surface area (Å²) in [5.74, 6) is 3.48. The van der Waals surface area contributed by atoms with Gasteiger partial charge in [-0.05, 0) is 54.9 Å². The molecule has 96 valence electrons. The van der Waals surface area contributed by atoms with Crippen LogP contribution in [-0.4, -0.2) is 23.0 Å². The molecule has 1 aliphatic rings. The van der Waals surface area contributed by atoms with E-state index in [-0.39, 0.29) is 0 Å². The Morgan fingerprint density at radius 1 is 1.33 bits per heavy atom. The third-order valence-corrected chi connectivity index (χ3v) is 5.45. The molecule has 4 heteroatoms. The molecule has 1 fully saturated rings. The van der Waals surface area contributed by atoms with Crippen LogP contribution in [0.15, 0.2) is 18.2 Å². The van der Waals surface area contributed by atoms with Gasteiger partial charge in [-0.25, -0.2) is 4.98 Å². The Morgan fingerprint density at radius 3 is 3.00 bits per heavy atom. The van der Waals surface area contributed by atoms with Crippen molar-refractivity contribution in [1.29, 1.82) is 0 Å². The second-order valence-electron chi connectivity index (χ2n) is 4.93. The van der Waals surface area contributed by atoms with Crippen molar-refractivity contribution >= 4 is 38.4 Å². The number of nitrogens with zero attached hydrogens (tertiary/aromatic N) is 1. The van der Waals surface area contributed by atoms with Crippen LogP contribution in [0.1, 0.15) is 18.4 Å². The van der Waals surface area contributed by atoms with Crippen LogP contribution in [0.4, 0.5) is 5.13 Å². The molecule has 0 atom stereocenters. The molecular weight excluding hydrogens is 260 g/mol. The number of nitrogens with one attached hydrogen (secondary N) is 1. The molecule has 0 amide bonds. The summed E-state index contributed by atoms with van der Waals surface area (Å²) in [7, 11) is 0. The van der Waals surface area contributed by atoms with Gasteiger partial charge in [-0.3, -0.25) is 0 Å². The lowest BCUT2D eigenvalue weighted by atomic mass is 10.0. The average Bonchev–Trinajstić information content (AvgIpc) is 2.79. The number of thioether (sulfide) groups is 1. The third kappa shape index (κ3) is 2.81. The van der Waals surface area contributed by atoms with E-state index in [1.54, 1.807) is 11.3 Å². The maximum absolute atomic E-state index is 4.64. The predicted octanol–water partition coefficient (Wildman–Crippen LogP) is 4.16. The number of aromatic nitrogens is 1. The van der Waals surface area contributed by atoms with Gasteiger partial charge in [0.1, 0.15) is 0 Å². The van der Waals surface area contributed by atoms with Gasteiger partial charge < -0.3 is 5.32 Å². The SMILES string of the molecule is Cc1ccc2nc(NCC3CCSCC3)sc2c1. The maximum atomic E-state index is 4.64. The summed E-state index contributed by atoms with van der Waals surface area (Å²) in [5.41, 5.74) is 2.43. The summed E-state index contributed by atoms with van der Waals surface area (Å²) >= 11 is 3.86. The molecule has 3 rings (SSSR count). The Kier molecular flexibility index (Phi) is 3.75. The Labute approximate surface area is 116 Å². The van der Waals surface area contributed by atoms with Crippen LogP contribution in [-0.2, 0) is 0 Å². The fourth-order valence-corrected chi connectivity index (χ4v) is 4.46. The van der Waals surface area contributed by atoms with Crippen LogP contribution < -0.4 is 5.32 Å². The molecule has 0 saturated carbocycles. The highest BCUT2D eigenvalue weighted by atomic mass is 32.2. The molecular formula is C14H18N2S2. The van der Waals surface area contributed by atoms with E-state index in [2.05, 4.69) is 47.2 Å². The van der Waals surface area contributed by atoms with Gasteiger partial charge in [0.15, 0.2) is 5.13 Å². The first kappa shape index (κ1) is 12.3. The van der Waals surface area contributed by atoms with Crippen molar-refractivity contribution in [3.63, 3.8) is 0 Å². The van der Waals surface area contributed by atoms with Crippen molar-refractivity contribution in [1.82, 2.24) is 4.98 Å². The van der Waals surface area contributed by atoms with Crippen LogP contribution in [0.3, 0.4) is 0 Å². The molecule has 1 N–H and O–H groups in total. The monoisotopic (exact) mass is 278 g/mol. The molecule has 0 radical (unpaired) electrons. The lowest BCUT2D eigenvalue weighted by Crippen LogP contribution is -2.18. The zero-order chi connectivity index (χ0) is 12.4. The minimum absolute atomic E-state index is 0.833. The minimum Gasteiger partial charge on any atom is -0.361 e. The van der Waals surface area contributed by atoms with Crippen LogP contribution in [0.25, 0.3) is 10.2 Å². The number of benzene rings is 1. The minimum atomic E-state index is 0.833. The van der Waals surface area contributed by atoms with E-state index in [0.717, 1.165) is 23.1 Å². The van der Waals surface area contributed by atoms with Gasteiger partial charge >= 0.3 is 0 Å². The summed E-state index contributed by atoms with van der Waals surface area (Å²) in [4.78, 5) is 4.64. The van der Waals surface area contributed by atoms with Crippen molar-refractivity contribution in [2.24, 2.45) is 5.92 Å². The van der Waals surface area contributed by atoms with Crippen molar-refractivity contribution in [3.05, 3.63) is 23.8 Å². The summed E-state index contributed by atoms with van der Waals surface area (Å²) in [6, 6.07) is 6.46. The fourth-order valence-electron chi connectivity index (χ4n) is 2.29. The predicted molar refractivity (Wildman–Crippen MR) is 82.9 cm³/mol. The van der Waals surface area contributed by atoms with Crippen molar-refractivity contribution in [2.45, 2.75) is 19.8 Å². The molecule has 1 aromatic carbocycles. The number of thiazole rings is 1. The number of fused-ring (bicyclic) bond motifs is 1. The highest BCUT2D eigenvalue weighted by Gasteiger charge is 2.14. The van der Waals surface area contributed by atoms with Crippen LogP contribution in [0.5, 0.6) is 0 Å². The normalized spacial score (nSPS) is 17.2. The van der Waals surface area contributed by atoms with Gasteiger partial charge in [-0.15, -0.1) is 0 Å². The van der Waals surface area contributed by atoms with Gasteiger partial charge in [0.05, 0.1) is 10.2 Å². The molecule has 1 saturated heterocycles. The molecule has 0 aliphatic carbocycles. The lowest BCUT2D eigenvalue weighted by molar-refractivity contribution is 0.516. The van der Waals surface area contributed by atoms with Gasteiger partial charge in [0.2, 0.25) is 0 Å². The van der Waals surface area contributed by atoms with E-state index in [0.29, 0.717) is 0 Å². The Balaban J connectivity index is 1.67. The lowest BCUT2D eigenvalue weighted by Gasteiger charge is -2.21. The summed E-state index contributed by atoms with van der Waals surface area (Å²) in [6.45, 7) is 3.21. The Hall–Kier alpha value is -0.740. The molecule has 18 heavy (non-hydrogen) atoms. The largest absolute Gasteiger partial charge is 0.361 e. The van der Waals surface area contributed by atoms with Gasteiger partial charge in [-0.1, -0.05) is 17.4 Å². The van der Waals surface area contributed by atoms with Crippen molar-refractivity contribution < 1.29 is 0 Å². The highest BCUT2D eigenvalue weighted by molar-refractivity contribution is 7.99. The second-order valence-corrected chi connectivity index (χ2v) is 7.18.